The maximum Gasteiger partial charge on any atom is 0.246 e. The van der Waals surface area contributed by atoms with Crippen molar-refractivity contribution in [2.24, 2.45) is 0 Å². The van der Waals surface area contributed by atoms with E-state index in [1.165, 1.54) is 6.92 Å². The monoisotopic (exact) mass is 335 g/mol. The first kappa shape index (κ1) is 16.0. The van der Waals surface area contributed by atoms with Gasteiger partial charge in [-0.2, -0.15) is 5.10 Å². The molecule has 0 aliphatic carbocycles. The molecule has 1 unspecified atom stereocenters. The van der Waals surface area contributed by atoms with Gasteiger partial charge in [-0.15, -0.1) is 16.9 Å². The Morgan fingerprint density at radius 1 is 1.35 bits per heavy atom. The highest BCUT2D eigenvalue weighted by molar-refractivity contribution is 7.99. The second-order valence-electron chi connectivity index (χ2n) is 6.08. The van der Waals surface area contributed by atoms with Crippen LogP contribution in [0.1, 0.15) is 18.2 Å². The van der Waals surface area contributed by atoms with Crippen molar-refractivity contribution >= 4 is 29.4 Å². The molecule has 1 fully saturated rings. The Bertz CT molecular complexity index is 636. The van der Waals surface area contributed by atoms with Gasteiger partial charge in [-0.25, -0.2) is 0 Å². The van der Waals surface area contributed by atoms with Gasteiger partial charge in [0.2, 0.25) is 11.8 Å². The number of thioether (sulfide) groups is 1. The Morgan fingerprint density at radius 2 is 2.13 bits per heavy atom. The van der Waals surface area contributed by atoms with E-state index in [0.717, 1.165) is 17.1 Å². The molecule has 7 nitrogen and oxygen atoms in total. The lowest BCUT2D eigenvalue weighted by Gasteiger charge is -2.32. The molecule has 2 aliphatic heterocycles. The van der Waals surface area contributed by atoms with Gasteiger partial charge in [0.1, 0.15) is 6.04 Å². The molecule has 0 N–H and O–H groups in total. The maximum atomic E-state index is 12.8. The third kappa shape index (κ3) is 3.12. The van der Waals surface area contributed by atoms with E-state index >= 15 is 0 Å². The average Bonchev–Trinajstić information content (AvgIpc) is 3.02. The zero-order valence-electron chi connectivity index (χ0n) is 13.7. The van der Waals surface area contributed by atoms with Gasteiger partial charge in [-0.1, -0.05) is 0 Å². The summed E-state index contributed by atoms with van der Waals surface area (Å²) in [5, 5.41) is 8.47. The summed E-state index contributed by atoms with van der Waals surface area (Å²) >= 11 is 1.63. The third-order valence-electron chi connectivity index (χ3n) is 4.27. The summed E-state index contributed by atoms with van der Waals surface area (Å²) in [4.78, 5) is 29.9. The van der Waals surface area contributed by atoms with Crippen LogP contribution in [0.4, 0.5) is 5.82 Å². The van der Waals surface area contributed by atoms with Crippen LogP contribution in [0, 0.1) is 0 Å². The highest BCUT2D eigenvalue weighted by atomic mass is 32.2. The van der Waals surface area contributed by atoms with Crippen molar-refractivity contribution in [3.8, 4) is 0 Å². The van der Waals surface area contributed by atoms with Crippen molar-refractivity contribution in [2.45, 2.75) is 25.9 Å². The first-order valence-corrected chi connectivity index (χ1v) is 8.79. The van der Waals surface area contributed by atoms with Crippen LogP contribution in [0.15, 0.2) is 6.07 Å². The minimum atomic E-state index is -0.331. The van der Waals surface area contributed by atoms with E-state index in [1.54, 1.807) is 16.7 Å². The maximum absolute atomic E-state index is 12.8. The van der Waals surface area contributed by atoms with Gasteiger partial charge >= 0.3 is 0 Å². The summed E-state index contributed by atoms with van der Waals surface area (Å²) in [5.74, 6) is 2.08. The predicted molar refractivity (Wildman–Crippen MR) is 89.1 cm³/mol. The summed E-state index contributed by atoms with van der Waals surface area (Å²) in [7, 11) is 3.84. The second kappa shape index (κ2) is 6.35. The van der Waals surface area contributed by atoms with Crippen molar-refractivity contribution in [3.63, 3.8) is 0 Å². The van der Waals surface area contributed by atoms with Crippen molar-refractivity contribution in [2.75, 3.05) is 37.2 Å². The number of rotatable bonds is 2. The first-order valence-electron chi connectivity index (χ1n) is 7.64. The van der Waals surface area contributed by atoms with Crippen LogP contribution in [0.3, 0.4) is 0 Å². The average molecular weight is 335 g/mol. The van der Waals surface area contributed by atoms with Crippen LogP contribution in [-0.4, -0.2) is 70.1 Å². The number of aromatic nitrogens is 2. The Labute approximate surface area is 140 Å². The molecule has 1 aromatic heterocycles. The lowest BCUT2D eigenvalue weighted by Crippen LogP contribution is -2.49. The number of amides is 2. The normalized spacial score (nSPS) is 20.4. The Morgan fingerprint density at radius 3 is 2.83 bits per heavy atom. The summed E-state index contributed by atoms with van der Waals surface area (Å²) in [6.45, 7) is 2.70. The van der Waals surface area contributed by atoms with Crippen molar-refractivity contribution in [1.82, 2.24) is 20.0 Å². The van der Waals surface area contributed by atoms with Crippen molar-refractivity contribution in [3.05, 3.63) is 17.3 Å². The molecule has 1 aromatic rings. The Balaban J connectivity index is 1.77. The molecule has 23 heavy (non-hydrogen) atoms. The summed E-state index contributed by atoms with van der Waals surface area (Å²) in [5.41, 5.74) is 2.01. The quantitative estimate of drug-likeness (QED) is 0.777. The largest absolute Gasteiger partial charge is 0.361 e. The zero-order chi connectivity index (χ0) is 16.6. The van der Waals surface area contributed by atoms with Gasteiger partial charge in [-0.3, -0.25) is 9.59 Å². The van der Waals surface area contributed by atoms with Gasteiger partial charge < -0.3 is 14.7 Å². The predicted octanol–water partition coefficient (Wildman–Crippen LogP) is 0.349. The van der Waals surface area contributed by atoms with E-state index in [4.69, 9.17) is 0 Å². The third-order valence-corrected chi connectivity index (χ3v) is 5.28. The molecule has 2 amide bonds. The van der Waals surface area contributed by atoms with E-state index < -0.39 is 0 Å². The molecular weight excluding hydrogens is 314 g/mol. The molecule has 1 saturated heterocycles. The molecule has 1 atom stereocenters. The van der Waals surface area contributed by atoms with Crippen LogP contribution in [0.25, 0.3) is 0 Å². The van der Waals surface area contributed by atoms with Gasteiger partial charge in [0.25, 0.3) is 0 Å². The molecule has 0 aromatic carbocycles. The van der Waals surface area contributed by atoms with E-state index in [-0.39, 0.29) is 17.9 Å². The van der Waals surface area contributed by atoms with Crippen LogP contribution >= 0.6 is 11.8 Å². The van der Waals surface area contributed by atoms with E-state index in [2.05, 4.69) is 10.2 Å². The second-order valence-corrected chi connectivity index (χ2v) is 7.08. The highest BCUT2D eigenvalue weighted by Crippen LogP contribution is 2.25. The molecule has 0 radical (unpaired) electrons. The van der Waals surface area contributed by atoms with Gasteiger partial charge in [0.05, 0.1) is 11.6 Å². The van der Waals surface area contributed by atoms with Crippen LogP contribution in [-0.2, 0) is 22.6 Å². The smallest absolute Gasteiger partial charge is 0.246 e. The molecule has 3 heterocycles. The number of anilines is 1. The molecule has 2 aliphatic rings. The van der Waals surface area contributed by atoms with Gasteiger partial charge in [0.15, 0.2) is 5.82 Å². The minimum absolute atomic E-state index is 0.0356. The molecule has 124 valence electrons. The topological polar surface area (TPSA) is 69.6 Å². The SMILES string of the molecule is CC(=O)N1CSCC1C(=O)N1CCc2nnc(N(C)C)cc2C1. The minimum Gasteiger partial charge on any atom is -0.361 e. The molecule has 3 rings (SSSR count). The molecular formula is C15H21N5O2S. The van der Waals surface area contributed by atoms with Crippen molar-refractivity contribution in [1.29, 1.82) is 0 Å². The number of hydrogen-bond acceptors (Lipinski definition) is 6. The van der Waals surface area contributed by atoms with E-state index in [1.807, 2.05) is 30.0 Å². The first-order chi connectivity index (χ1) is 11.0. The molecule has 0 saturated carbocycles. The number of hydrogen-bond donors (Lipinski definition) is 0. The van der Waals surface area contributed by atoms with Gasteiger partial charge in [-0.05, 0) is 11.6 Å². The van der Waals surface area contributed by atoms with Crippen LogP contribution < -0.4 is 4.90 Å². The van der Waals surface area contributed by atoms with Crippen molar-refractivity contribution < 1.29 is 9.59 Å². The van der Waals surface area contributed by atoms with E-state index in [0.29, 0.717) is 31.1 Å². The fourth-order valence-electron chi connectivity index (χ4n) is 2.89. The van der Waals surface area contributed by atoms with E-state index in [9.17, 15) is 9.59 Å². The lowest BCUT2D eigenvalue weighted by atomic mass is 10.1. The summed E-state index contributed by atoms with van der Waals surface area (Å²) in [6, 6.07) is 1.66. The Kier molecular flexibility index (Phi) is 4.43. The van der Waals surface area contributed by atoms with Crippen LogP contribution in [0.2, 0.25) is 0 Å². The number of fused-ring (bicyclic) bond motifs is 1. The number of carbonyl (C=O) groups excluding carboxylic acids is 2. The van der Waals surface area contributed by atoms with Crippen LogP contribution in [0.5, 0.6) is 0 Å². The fourth-order valence-corrected chi connectivity index (χ4v) is 4.10. The number of nitrogens with zero attached hydrogens (tertiary/aromatic N) is 5. The standard InChI is InChI=1S/C15H21N5O2S/c1-10(21)20-9-23-8-13(20)15(22)19-5-4-12-11(7-19)6-14(17-16-12)18(2)3/h6,13H,4-5,7-9H2,1-3H3. The number of carbonyl (C=O) groups is 2. The molecule has 0 spiro atoms. The molecule has 0 bridgehead atoms. The summed E-state index contributed by atoms with van der Waals surface area (Å²) in [6.07, 6.45) is 0.710. The Hall–Kier alpha value is -1.83. The lowest BCUT2D eigenvalue weighted by molar-refractivity contribution is -0.143. The summed E-state index contributed by atoms with van der Waals surface area (Å²) < 4.78 is 0. The molecule has 8 heteroatoms. The highest BCUT2D eigenvalue weighted by Gasteiger charge is 2.36. The zero-order valence-corrected chi connectivity index (χ0v) is 14.5. The fraction of sp³-hybridized carbons (Fsp3) is 0.600. The van der Waals surface area contributed by atoms with Gasteiger partial charge in [0, 0.05) is 46.3 Å².